The molecule has 0 bridgehead atoms. The van der Waals surface area contributed by atoms with Crippen LogP contribution in [0.1, 0.15) is 38.3 Å². The highest BCUT2D eigenvalue weighted by atomic mass is 79.9. The normalized spacial score (nSPS) is 24.1. The Balaban J connectivity index is 2.33. The van der Waals surface area contributed by atoms with Crippen LogP contribution >= 0.6 is 15.9 Å². The topological polar surface area (TPSA) is 21.3 Å². The summed E-state index contributed by atoms with van der Waals surface area (Å²) in [4.78, 5) is 0. The molecule has 0 aliphatic carbocycles. The Morgan fingerprint density at radius 3 is 2.80 bits per heavy atom. The summed E-state index contributed by atoms with van der Waals surface area (Å²) in [5.74, 6) is -0.924. The average Bonchev–Trinajstić information content (AvgIpc) is 2.84. The highest BCUT2D eigenvalue weighted by molar-refractivity contribution is 9.10. The molecular weight excluding hydrogens is 328 g/mol. The summed E-state index contributed by atoms with van der Waals surface area (Å²) in [6, 6.07) is 2.36. The molecule has 1 aliphatic heterocycles. The molecule has 1 aromatic carbocycles. The Hall–Kier alpha value is -0.520. The summed E-state index contributed by atoms with van der Waals surface area (Å²) < 4.78 is 34.3. The van der Waals surface area contributed by atoms with E-state index < -0.39 is 11.6 Å². The molecule has 3 unspecified atom stereocenters. The summed E-state index contributed by atoms with van der Waals surface area (Å²) in [5.41, 5.74) is 0.121. The minimum atomic E-state index is -0.516. The molecule has 2 nitrogen and oxygen atoms in total. The number of hydrogen-bond donors (Lipinski definition) is 1. The van der Waals surface area contributed by atoms with E-state index in [2.05, 4.69) is 21.2 Å². The zero-order valence-corrected chi connectivity index (χ0v) is 13.3. The van der Waals surface area contributed by atoms with Gasteiger partial charge in [0, 0.05) is 17.5 Å². The van der Waals surface area contributed by atoms with Crippen molar-refractivity contribution in [1.29, 1.82) is 0 Å². The van der Waals surface area contributed by atoms with Gasteiger partial charge >= 0.3 is 0 Å². The summed E-state index contributed by atoms with van der Waals surface area (Å²) in [7, 11) is 0. The largest absolute Gasteiger partial charge is 0.378 e. The third kappa shape index (κ3) is 3.38. The van der Waals surface area contributed by atoms with Crippen LogP contribution in [0, 0.1) is 17.6 Å². The molecule has 0 amide bonds. The zero-order chi connectivity index (χ0) is 14.7. The predicted octanol–water partition coefficient (Wildman–Crippen LogP) is 4.19. The van der Waals surface area contributed by atoms with Crippen molar-refractivity contribution in [2.24, 2.45) is 5.92 Å². The van der Waals surface area contributed by atoms with Gasteiger partial charge in [0.2, 0.25) is 0 Å². The Labute approximate surface area is 127 Å². The first kappa shape index (κ1) is 15.9. The average molecular weight is 348 g/mol. The van der Waals surface area contributed by atoms with Crippen LogP contribution in [0.4, 0.5) is 8.78 Å². The molecule has 112 valence electrons. The minimum absolute atomic E-state index is 0.0925. The van der Waals surface area contributed by atoms with Gasteiger partial charge in [-0.3, -0.25) is 0 Å². The Morgan fingerprint density at radius 1 is 1.45 bits per heavy atom. The van der Waals surface area contributed by atoms with Gasteiger partial charge < -0.3 is 10.1 Å². The molecule has 1 heterocycles. The van der Waals surface area contributed by atoms with E-state index >= 15 is 0 Å². The quantitative estimate of drug-likeness (QED) is 0.806. The number of rotatable bonds is 5. The highest BCUT2D eigenvalue weighted by Crippen LogP contribution is 2.36. The molecule has 20 heavy (non-hydrogen) atoms. The zero-order valence-electron chi connectivity index (χ0n) is 11.8. The van der Waals surface area contributed by atoms with Crippen LogP contribution in [-0.4, -0.2) is 19.3 Å². The van der Waals surface area contributed by atoms with Gasteiger partial charge in [-0.05, 0) is 54.4 Å². The van der Waals surface area contributed by atoms with Crippen LogP contribution in [0.3, 0.4) is 0 Å². The van der Waals surface area contributed by atoms with Crippen molar-refractivity contribution in [2.75, 3.05) is 13.2 Å². The van der Waals surface area contributed by atoms with Crippen molar-refractivity contribution in [2.45, 2.75) is 38.8 Å². The van der Waals surface area contributed by atoms with Crippen molar-refractivity contribution in [3.05, 3.63) is 33.8 Å². The van der Waals surface area contributed by atoms with Crippen LogP contribution in [0.15, 0.2) is 16.6 Å². The van der Waals surface area contributed by atoms with E-state index in [0.717, 1.165) is 19.4 Å². The maximum atomic E-state index is 14.3. The van der Waals surface area contributed by atoms with Crippen molar-refractivity contribution in [1.82, 2.24) is 5.32 Å². The van der Waals surface area contributed by atoms with Crippen LogP contribution in [0.5, 0.6) is 0 Å². The number of hydrogen-bond acceptors (Lipinski definition) is 2. The van der Waals surface area contributed by atoms with Gasteiger partial charge in [-0.25, -0.2) is 8.78 Å². The second-order valence-corrected chi connectivity index (χ2v) is 6.18. The summed E-state index contributed by atoms with van der Waals surface area (Å²) >= 11 is 3.14. The molecule has 2 rings (SSSR count). The van der Waals surface area contributed by atoms with Gasteiger partial charge in [0.1, 0.15) is 11.6 Å². The van der Waals surface area contributed by atoms with Crippen LogP contribution in [0.25, 0.3) is 0 Å². The fourth-order valence-corrected chi connectivity index (χ4v) is 3.06. The van der Waals surface area contributed by atoms with E-state index in [-0.39, 0.29) is 23.6 Å². The number of benzene rings is 1. The molecule has 1 fully saturated rings. The second-order valence-electron chi connectivity index (χ2n) is 5.33. The monoisotopic (exact) mass is 347 g/mol. The number of ether oxygens (including phenoxy) is 1. The lowest BCUT2D eigenvalue weighted by Crippen LogP contribution is -2.31. The van der Waals surface area contributed by atoms with Gasteiger partial charge in [-0.1, -0.05) is 6.92 Å². The van der Waals surface area contributed by atoms with Crippen molar-refractivity contribution in [3.8, 4) is 0 Å². The molecule has 1 N–H and O–H groups in total. The molecule has 3 atom stereocenters. The van der Waals surface area contributed by atoms with Crippen molar-refractivity contribution >= 4 is 15.9 Å². The Morgan fingerprint density at radius 2 is 2.20 bits per heavy atom. The molecule has 1 aromatic rings. The first-order valence-corrected chi connectivity index (χ1v) is 7.82. The van der Waals surface area contributed by atoms with E-state index in [4.69, 9.17) is 4.74 Å². The molecule has 0 spiro atoms. The second kappa shape index (κ2) is 6.96. The van der Waals surface area contributed by atoms with Gasteiger partial charge in [0.25, 0.3) is 0 Å². The van der Waals surface area contributed by atoms with E-state index in [1.807, 2.05) is 13.8 Å². The first-order chi connectivity index (χ1) is 9.54. The van der Waals surface area contributed by atoms with Crippen LogP contribution in [-0.2, 0) is 4.74 Å². The van der Waals surface area contributed by atoms with Crippen LogP contribution in [0.2, 0.25) is 0 Å². The van der Waals surface area contributed by atoms with E-state index in [0.29, 0.717) is 11.1 Å². The first-order valence-electron chi connectivity index (χ1n) is 7.03. The maximum Gasteiger partial charge on any atom is 0.145 e. The van der Waals surface area contributed by atoms with Gasteiger partial charge in [0.05, 0.1) is 17.2 Å². The van der Waals surface area contributed by atoms with Crippen molar-refractivity contribution < 1.29 is 13.5 Å². The lowest BCUT2D eigenvalue weighted by molar-refractivity contribution is 0.116. The summed E-state index contributed by atoms with van der Waals surface area (Å²) in [5, 5.41) is 3.28. The van der Waals surface area contributed by atoms with Crippen LogP contribution < -0.4 is 5.32 Å². The third-order valence-electron chi connectivity index (χ3n) is 3.71. The molecule has 0 saturated carbocycles. The third-order valence-corrected chi connectivity index (χ3v) is 4.32. The summed E-state index contributed by atoms with van der Waals surface area (Å²) in [6.45, 7) is 5.28. The highest BCUT2D eigenvalue weighted by Gasteiger charge is 2.34. The molecule has 1 saturated heterocycles. The smallest absolute Gasteiger partial charge is 0.145 e. The lowest BCUT2D eigenvalue weighted by atomic mass is 9.90. The molecule has 0 radical (unpaired) electrons. The summed E-state index contributed by atoms with van der Waals surface area (Å²) in [6.07, 6.45) is 1.87. The molecular formula is C15H20BrF2NO. The number of nitrogens with one attached hydrogen (secondary N) is 1. The molecule has 1 aliphatic rings. The van der Waals surface area contributed by atoms with Gasteiger partial charge in [0.15, 0.2) is 0 Å². The van der Waals surface area contributed by atoms with Gasteiger partial charge in [-0.15, -0.1) is 0 Å². The number of halogens is 3. The predicted molar refractivity (Wildman–Crippen MR) is 78.6 cm³/mol. The van der Waals surface area contributed by atoms with Gasteiger partial charge in [-0.2, -0.15) is 0 Å². The lowest BCUT2D eigenvalue weighted by Gasteiger charge is -2.25. The fraction of sp³-hybridized carbons (Fsp3) is 0.600. The molecule has 5 heteroatoms. The van der Waals surface area contributed by atoms with E-state index in [9.17, 15) is 8.78 Å². The Kier molecular flexibility index (Phi) is 5.52. The SMILES string of the molecule is CCCNC(c1c(F)ccc(Br)c1F)C1COC(C)C1. The fourth-order valence-electron chi connectivity index (χ4n) is 2.71. The van der Waals surface area contributed by atoms with E-state index in [1.54, 1.807) is 0 Å². The maximum absolute atomic E-state index is 14.3. The minimum Gasteiger partial charge on any atom is -0.378 e. The standard InChI is InChI=1S/C15H20BrF2NO/c1-3-6-19-15(10-7-9(2)20-8-10)13-12(17)5-4-11(16)14(13)18/h4-5,9-10,15,19H,3,6-8H2,1-2H3. The Bertz CT molecular complexity index is 469. The van der Waals surface area contributed by atoms with Crippen molar-refractivity contribution in [3.63, 3.8) is 0 Å². The van der Waals surface area contributed by atoms with E-state index in [1.165, 1.54) is 12.1 Å². The molecule has 0 aromatic heterocycles.